The van der Waals surface area contributed by atoms with Crippen LogP contribution in [0.25, 0.3) is 16.3 Å². The van der Waals surface area contributed by atoms with E-state index in [0.29, 0.717) is 13.1 Å². The van der Waals surface area contributed by atoms with Crippen LogP contribution in [0.1, 0.15) is 42.3 Å². The van der Waals surface area contributed by atoms with Crippen molar-refractivity contribution >= 4 is 65.3 Å². The van der Waals surface area contributed by atoms with E-state index in [1.54, 1.807) is 23.1 Å². The summed E-state index contributed by atoms with van der Waals surface area (Å²) >= 11 is 3.21. The van der Waals surface area contributed by atoms with E-state index in [-0.39, 0.29) is 64.2 Å². The summed E-state index contributed by atoms with van der Waals surface area (Å²) < 4.78 is 70.4. The number of rotatable bonds is 11. The molecule has 210 valence electrons. The molecular weight excluding hydrogens is 616 g/mol. The Morgan fingerprint density at radius 2 is 1.62 bits per heavy atom. The molecule has 1 aliphatic rings. The van der Waals surface area contributed by atoms with Crippen molar-refractivity contribution in [2.75, 3.05) is 23.0 Å². The van der Waals surface area contributed by atoms with E-state index in [9.17, 15) is 25.9 Å². The molecule has 0 N–H and O–H groups in total. The van der Waals surface area contributed by atoms with Crippen molar-refractivity contribution in [2.24, 2.45) is 0 Å². The summed E-state index contributed by atoms with van der Waals surface area (Å²) in [6.07, 6.45) is 5.35. The number of thioether (sulfide) groups is 1. The van der Waals surface area contributed by atoms with Gasteiger partial charge in [-0.3, -0.25) is 0 Å². The Morgan fingerprint density at radius 1 is 0.975 bits per heavy atom. The van der Waals surface area contributed by atoms with Crippen LogP contribution in [0.5, 0.6) is 0 Å². The van der Waals surface area contributed by atoms with E-state index in [1.165, 1.54) is 0 Å². The third-order valence-corrected chi connectivity index (χ3v) is 10.2. The fourth-order valence-corrected chi connectivity index (χ4v) is 7.72. The number of aryl methyl sites for hydroxylation is 3. The number of allylic oxidation sites excluding steroid dienone is 2. The molecule has 0 spiro atoms. The molecule has 0 fully saturated rings. The average Bonchev–Trinajstić information content (AvgIpc) is 3.34. The second-order valence-electron chi connectivity index (χ2n) is 9.57. The second-order valence-corrected chi connectivity index (χ2v) is 14.7. The molecule has 0 bridgehead atoms. The topological polar surface area (TPSA) is 122 Å². The smallest absolute Gasteiger partial charge is 0.748 e. The third-order valence-electron chi connectivity index (χ3n) is 6.35. The Kier molecular flexibility index (Phi) is 12.1. The molecule has 0 aliphatic carbocycles. The number of anilines is 1. The standard InChI is InChI=1S/C27H32N2O6S4.K/c1-4-21(17-26-28(11-5-13-38(30,31)32)22-15-19(2)7-9-24(22)36-26)18-27-29(12-6-14-39(33,34)35)23-16-20(3)8-10-25(23)37-27;/h7-10,15-18H,4-6,11-14H2,1-3H3,(H-,30,31,32,33,34,35);/q;+1/p-1. The molecule has 0 radical (unpaired) electrons. The van der Waals surface area contributed by atoms with Gasteiger partial charge in [-0.2, -0.15) is 4.57 Å². The maximum atomic E-state index is 11.2. The normalized spacial score (nSPS) is 15.1. The Hall–Kier alpha value is -0.584. The molecule has 13 heteroatoms. The summed E-state index contributed by atoms with van der Waals surface area (Å²) in [5.41, 5.74) is 5.21. The van der Waals surface area contributed by atoms with Crippen molar-refractivity contribution in [1.82, 2.24) is 0 Å². The molecule has 0 saturated carbocycles. The van der Waals surface area contributed by atoms with Gasteiger partial charge in [0.05, 0.1) is 31.0 Å². The fourth-order valence-electron chi connectivity index (χ4n) is 4.46. The van der Waals surface area contributed by atoms with Crippen LogP contribution >= 0.6 is 23.1 Å². The minimum atomic E-state index is -4.30. The summed E-state index contributed by atoms with van der Waals surface area (Å²) in [5.74, 6) is -0.835. The van der Waals surface area contributed by atoms with E-state index in [4.69, 9.17) is 0 Å². The van der Waals surface area contributed by atoms with Crippen LogP contribution in [0.4, 0.5) is 5.69 Å². The molecule has 1 aliphatic heterocycles. The van der Waals surface area contributed by atoms with Crippen LogP contribution in [-0.2, 0) is 26.8 Å². The minimum absolute atomic E-state index is 0. The van der Waals surface area contributed by atoms with Crippen molar-refractivity contribution < 1.29 is 81.9 Å². The van der Waals surface area contributed by atoms with Crippen LogP contribution in [0.15, 0.2) is 58.0 Å². The molecule has 4 rings (SSSR count). The molecule has 0 atom stereocenters. The van der Waals surface area contributed by atoms with Gasteiger partial charge in [0.25, 0.3) is 5.01 Å². The molecule has 2 aromatic carbocycles. The van der Waals surface area contributed by atoms with Gasteiger partial charge in [-0.15, -0.1) is 0 Å². The summed E-state index contributed by atoms with van der Waals surface area (Å²) in [6, 6.07) is 12.3. The van der Waals surface area contributed by atoms with Gasteiger partial charge < -0.3 is 14.0 Å². The first-order valence-corrected chi connectivity index (χ1v) is 17.4. The van der Waals surface area contributed by atoms with Crippen molar-refractivity contribution in [3.05, 3.63) is 69.2 Å². The van der Waals surface area contributed by atoms with Crippen LogP contribution in [-0.4, -0.2) is 44.0 Å². The maximum Gasteiger partial charge on any atom is 1.00 e. The van der Waals surface area contributed by atoms with Gasteiger partial charge in [0.1, 0.15) is 4.70 Å². The number of thiazole rings is 1. The zero-order valence-electron chi connectivity index (χ0n) is 23.0. The summed E-state index contributed by atoms with van der Waals surface area (Å²) in [7, 11) is -8.60. The average molecular weight is 647 g/mol. The van der Waals surface area contributed by atoms with Crippen LogP contribution in [0.3, 0.4) is 0 Å². The number of aromatic nitrogens is 1. The number of hydrogen-bond donors (Lipinski definition) is 0. The van der Waals surface area contributed by atoms with Crippen LogP contribution in [0.2, 0.25) is 0 Å². The molecule has 2 heterocycles. The summed E-state index contributed by atoms with van der Waals surface area (Å²) in [4.78, 5) is 3.14. The van der Waals surface area contributed by atoms with E-state index in [2.05, 4.69) is 52.8 Å². The maximum absolute atomic E-state index is 11.2. The molecule has 1 aromatic heterocycles. The zero-order valence-corrected chi connectivity index (χ0v) is 29.4. The van der Waals surface area contributed by atoms with E-state index in [0.717, 1.165) is 54.0 Å². The van der Waals surface area contributed by atoms with Gasteiger partial charge in [0.2, 0.25) is 5.52 Å². The second kappa shape index (κ2) is 14.3. The van der Waals surface area contributed by atoms with Crippen molar-refractivity contribution in [1.29, 1.82) is 0 Å². The fraction of sp³-hybridized carbons (Fsp3) is 0.370. The van der Waals surface area contributed by atoms with Crippen molar-refractivity contribution in [3.63, 3.8) is 0 Å². The van der Waals surface area contributed by atoms with Gasteiger partial charge in [-0.05, 0) is 67.7 Å². The zero-order chi connectivity index (χ0) is 28.4. The molecular formula is C27H31KN2O6S4. The summed E-state index contributed by atoms with van der Waals surface area (Å²) in [6.45, 7) is 6.87. The number of nitrogens with zero attached hydrogens (tertiary/aromatic N) is 2. The van der Waals surface area contributed by atoms with Gasteiger partial charge in [-0.25, -0.2) is 16.8 Å². The van der Waals surface area contributed by atoms with Crippen molar-refractivity contribution in [2.45, 2.75) is 51.5 Å². The van der Waals surface area contributed by atoms with E-state index < -0.39 is 31.7 Å². The molecule has 3 aromatic rings. The molecule has 0 saturated heterocycles. The summed E-state index contributed by atoms with van der Waals surface area (Å²) in [5, 5.41) is 1.90. The molecule has 0 amide bonds. The van der Waals surface area contributed by atoms with E-state index in [1.807, 2.05) is 26.0 Å². The largest absolute Gasteiger partial charge is 1.00 e. The number of hydrogen-bond acceptors (Lipinski definition) is 9. The number of benzene rings is 2. The third kappa shape index (κ3) is 9.21. The first kappa shape index (κ1) is 33.9. The predicted molar refractivity (Wildman–Crippen MR) is 156 cm³/mol. The first-order valence-electron chi connectivity index (χ1n) is 12.6. The van der Waals surface area contributed by atoms with Gasteiger partial charge in [-0.1, -0.05) is 42.2 Å². The SMILES string of the molecule is CCC(=Cc1sc2ccc(C)cc2[n+]1CCCS(=O)(=O)[O-])C=C1Sc2ccc(C)cc2N1CCCS(=O)(=O)[O-].[K+]. The Morgan fingerprint density at radius 3 is 2.30 bits per heavy atom. The number of fused-ring (bicyclic) bond motifs is 2. The Labute approximate surface area is 287 Å². The Balaban J connectivity index is 0.00000441. The van der Waals surface area contributed by atoms with Crippen LogP contribution < -0.4 is 60.9 Å². The Bertz CT molecular complexity index is 1660. The van der Waals surface area contributed by atoms with Gasteiger partial charge >= 0.3 is 51.4 Å². The van der Waals surface area contributed by atoms with Gasteiger partial charge in [0, 0.05) is 41.5 Å². The van der Waals surface area contributed by atoms with Crippen LogP contribution in [0, 0.1) is 13.8 Å². The molecule has 8 nitrogen and oxygen atoms in total. The van der Waals surface area contributed by atoms with E-state index >= 15 is 0 Å². The minimum Gasteiger partial charge on any atom is -0.748 e. The van der Waals surface area contributed by atoms with Gasteiger partial charge in [0.15, 0.2) is 6.54 Å². The predicted octanol–water partition coefficient (Wildman–Crippen LogP) is 1.93. The van der Waals surface area contributed by atoms with Crippen molar-refractivity contribution in [3.8, 4) is 0 Å². The monoisotopic (exact) mass is 646 g/mol. The first-order chi connectivity index (χ1) is 18.3. The molecule has 40 heavy (non-hydrogen) atoms. The quantitative estimate of drug-likeness (QED) is 0.176. The molecule has 0 unspecified atom stereocenters.